The molecule has 0 radical (unpaired) electrons. The lowest BCUT2D eigenvalue weighted by molar-refractivity contribution is -0.153. The maximum atomic E-state index is 12.7. The van der Waals surface area contributed by atoms with Gasteiger partial charge in [0.1, 0.15) is 0 Å². The van der Waals surface area contributed by atoms with Gasteiger partial charge in [0.05, 0.1) is 6.04 Å². The van der Waals surface area contributed by atoms with Crippen molar-refractivity contribution in [3.05, 3.63) is 70.4 Å². The number of thiophene rings is 1. The van der Waals surface area contributed by atoms with Crippen LogP contribution in [0.1, 0.15) is 23.4 Å². The molecule has 3 aromatic rings. The third-order valence-corrected chi connectivity index (χ3v) is 6.21. The molecule has 0 aliphatic rings. The first kappa shape index (κ1) is 22.0. The molecule has 0 unspecified atom stereocenters. The third kappa shape index (κ3) is 4.87. The van der Waals surface area contributed by atoms with Crippen molar-refractivity contribution in [2.24, 2.45) is 0 Å². The van der Waals surface area contributed by atoms with Gasteiger partial charge in [-0.05, 0) is 41.1 Å². The molecule has 7 heteroatoms. The minimum absolute atomic E-state index is 0.319. The Morgan fingerprint density at radius 2 is 1.77 bits per heavy atom. The van der Waals surface area contributed by atoms with Crippen LogP contribution in [0.3, 0.4) is 0 Å². The summed E-state index contributed by atoms with van der Waals surface area (Å²) in [4.78, 5) is 27.4. The van der Waals surface area contributed by atoms with Crippen LogP contribution in [0.2, 0.25) is 0 Å². The quantitative estimate of drug-likeness (QED) is 0.516. The van der Waals surface area contributed by atoms with Crippen LogP contribution in [0.25, 0.3) is 10.8 Å². The van der Waals surface area contributed by atoms with Gasteiger partial charge < -0.3 is 20.4 Å². The lowest BCUT2D eigenvalue weighted by Gasteiger charge is -2.29. The zero-order valence-electron chi connectivity index (χ0n) is 17.0. The van der Waals surface area contributed by atoms with Crippen molar-refractivity contribution < 1.29 is 19.8 Å². The number of nitrogens with zero attached hydrogens (tertiary/aromatic N) is 1. The average Bonchev–Trinajstić information content (AvgIpc) is 3.29. The number of carbonyl (C=O) groups is 2. The van der Waals surface area contributed by atoms with E-state index >= 15 is 0 Å². The van der Waals surface area contributed by atoms with E-state index in [2.05, 4.69) is 5.32 Å². The highest BCUT2D eigenvalue weighted by Crippen LogP contribution is 2.27. The predicted octanol–water partition coefficient (Wildman–Crippen LogP) is 2.50. The van der Waals surface area contributed by atoms with Gasteiger partial charge in [-0.1, -0.05) is 48.5 Å². The van der Waals surface area contributed by atoms with Gasteiger partial charge in [-0.15, -0.1) is 11.3 Å². The fraction of sp³-hybridized carbons (Fsp3) is 0.304. The van der Waals surface area contributed by atoms with Crippen LogP contribution in [0, 0.1) is 0 Å². The maximum Gasteiger partial charge on any atom is 0.254 e. The molecule has 3 rings (SSSR count). The first-order chi connectivity index (χ1) is 14.4. The summed E-state index contributed by atoms with van der Waals surface area (Å²) >= 11 is 1.58. The van der Waals surface area contributed by atoms with Crippen molar-refractivity contribution in [2.75, 3.05) is 13.6 Å². The van der Waals surface area contributed by atoms with E-state index in [1.54, 1.807) is 18.4 Å². The second-order valence-corrected chi connectivity index (χ2v) is 8.24. The zero-order chi connectivity index (χ0) is 21.7. The van der Waals surface area contributed by atoms with E-state index < -0.39 is 24.0 Å². The molecule has 3 N–H and O–H groups in total. The fourth-order valence-corrected chi connectivity index (χ4v) is 4.08. The van der Waals surface area contributed by atoms with E-state index in [0.29, 0.717) is 13.0 Å². The van der Waals surface area contributed by atoms with Gasteiger partial charge in [-0.3, -0.25) is 9.59 Å². The van der Waals surface area contributed by atoms with Crippen molar-refractivity contribution >= 4 is 33.9 Å². The van der Waals surface area contributed by atoms with E-state index in [0.717, 1.165) is 21.2 Å². The maximum absolute atomic E-state index is 12.7. The smallest absolute Gasteiger partial charge is 0.254 e. The minimum Gasteiger partial charge on any atom is -0.380 e. The van der Waals surface area contributed by atoms with Crippen LogP contribution in [-0.2, 0) is 16.0 Å². The van der Waals surface area contributed by atoms with Gasteiger partial charge >= 0.3 is 0 Å². The van der Waals surface area contributed by atoms with Crippen LogP contribution in [0.5, 0.6) is 0 Å². The number of amides is 2. The molecule has 0 fully saturated rings. The summed E-state index contributed by atoms with van der Waals surface area (Å²) in [5.41, 5.74) is 0.922. The number of rotatable bonds is 8. The van der Waals surface area contributed by atoms with Crippen molar-refractivity contribution in [1.29, 1.82) is 0 Å². The number of nitrogens with one attached hydrogen (secondary N) is 1. The molecule has 0 saturated carbocycles. The van der Waals surface area contributed by atoms with Gasteiger partial charge in [-0.2, -0.15) is 0 Å². The molecular formula is C23H26N2O4S. The van der Waals surface area contributed by atoms with Crippen molar-refractivity contribution in [3.63, 3.8) is 0 Å². The van der Waals surface area contributed by atoms with Crippen LogP contribution >= 0.6 is 11.3 Å². The Labute approximate surface area is 179 Å². The SMILES string of the molecule is C[C@H](c1cccc2ccccc12)N(C)C(=O)[C@H](O)[C@@H](O)C(=O)NCCc1cccs1. The lowest BCUT2D eigenvalue weighted by atomic mass is 9.98. The summed E-state index contributed by atoms with van der Waals surface area (Å²) in [6.45, 7) is 2.17. The van der Waals surface area contributed by atoms with E-state index in [4.69, 9.17) is 0 Å². The molecule has 2 amide bonds. The number of benzene rings is 2. The molecular weight excluding hydrogens is 400 g/mol. The van der Waals surface area contributed by atoms with Crippen LogP contribution < -0.4 is 5.32 Å². The molecule has 1 aromatic heterocycles. The molecule has 30 heavy (non-hydrogen) atoms. The van der Waals surface area contributed by atoms with Crippen molar-refractivity contribution in [2.45, 2.75) is 31.6 Å². The molecule has 2 aromatic carbocycles. The number of hydrogen-bond acceptors (Lipinski definition) is 5. The molecule has 6 nitrogen and oxygen atoms in total. The van der Waals surface area contributed by atoms with E-state index in [9.17, 15) is 19.8 Å². The first-order valence-corrected chi connectivity index (χ1v) is 10.7. The summed E-state index contributed by atoms with van der Waals surface area (Å²) in [6.07, 6.45) is -3.05. The lowest BCUT2D eigenvalue weighted by Crippen LogP contribution is -2.50. The highest BCUT2D eigenvalue weighted by molar-refractivity contribution is 7.09. The first-order valence-electron chi connectivity index (χ1n) is 9.80. The Kier molecular flexibility index (Phi) is 7.20. The summed E-state index contributed by atoms with van der Waals surface area (Å²) in [6, 6.07) is 17.2. The average molecular weight is 427 g/mol. The molecule has 158 valence electrons. The number of aliphatic hydroxyl groups is 2. The molecule has 0 aliphatic carbocycles. The highest BCUT2D eigenvalue weighted by Gasteiger charge is 2.34. The Bertz CT molecular complexity index is 1000. The van der Waals surface area contributed by atoms with Gasteiger partial charge in [-0.25, -0.2) is 0 Å². The largest absolute Gasteiger partial charge is 0.380 e. The second kappa shape index (κ2) is 9.84. The zero-order valence-corrected chi connectivity index (χ0v) is 17.8. The monoisotopic (exact) mass is 426 g/mol. The molecule has 0 saturated heterocycles. The summed E-state index contributed by atoms with van der Waals surface area (Å²) in [5, 5.41) is 27.1. The normalized spacial score (nSPS) is 14.1. The third-order valence-electron chi connectivity index (χ3n) is 5.27. The van der Waals surface area contributed by atoms with Crippen LogP contribution in [0.4, 0.5) is 0 Å². The van der Waals surface area contributed by atoms with Crippen molar-refractivity contribution in [3.8, 4) is 0 Å². The fourth-order valence-electron chi connectivity index (χ4n) is 3.37. The van der Waals surface area contributed by atoms with Gasteiger partial charge in [0.15, 0.2) is 12.2 Å². The van der Waals surface area contributed by atoms with Gasteiger partial charge in [0, 0.05) is 18.5 Å². The number of aliphatic hydroxyl groups excluding tert-OH is 2. The number of hydrogen-bond donors (Lipinski definition) is 3. The van der Waals surface area contributed by atoms with Crippen LogP contribution in [-0.4, -0.2) is 52.7 Å². The van der Waals surface area contributed by atoms with Crippen molar-refractivity contribution in [1.82, 2.24) is 10.2 Å². The topological polar surface area (TPSA) is 89.9 Å². The summed E-state index contributed by atoms with van der Waals surface area (Å²) in [5.74, 6) is -1.48. The molecule has 3 atom stereocenters. The molecule has 0 aliphatic heterocycles. The molecule has 0 spiro atoms. The Balaban J connectivity index is 1.62. The Morgan fingerprint density at radius 3 is 2.50 bits per heavy atom. The van der Waals surface area contributed by atoms with Gasteiger partial charge in [0.25, 0.3) is 11.8 Å². The number of likely N-dealkylation sites (N-methyl/N-ethyl adjacent to an activating group) is 1. The second-order valence-electron chi connectivity index (χ2n) is 7.20. The summed E-state index contributed by atoms with van der Waals surface area (Å²) in [7, 11) is 1.55. The standard InChI is InChI=1S/C23H26N2O4S/c1-15(18-11-5-8-16-7-3-4-10-19(16)18)25(2)23(29)21(27)20(26)22(28)24-13-12-17-9-6-14-30-17/h3-11,14-15,20-21,26-27H,12-13H2,1-2H3,(H,24,28)/t15-,20-,21-/m1/s1. The summed E-state index contributed by atoms with van der Waals surface area (Å²) < 4.78 is 0. The molecule has 1 heterocycles. The van der Waals surface area contributed by atoms with Gasteiger partial charge in [0.2, 0.25) is 0 Å². The van der Waals surface area contributed by atoms with E-state index in [-0.39, 0.29) is 6.04 Å². The van der Waals surface area contributed by atoms with E-state index in [1.165, 1.54) is 4.90 Å². The number of fused-ring (bicyclic) bond motifs is 1. The Hall–Kier alpha value is -2.74. The molecule has 0 bridgehead atoms. The Morgan fingerprint density at radius 1 is 1.03 bits per heavy atom. The van der Waals surface area contributed by atoms with E-state index in [1.807, 2.05) is 66.9 Å². The van der Waals surface area contributed by atoms with Crippen LogP contribution in [0.15, 0.2) is 60.0 Å². The number of carbonyl (C=O) groups excluding carboxylic acids is 2. The highest BCUT2D eigenvalue weighted by atomic mass is 32.1. The minimum atomic E-state index is -1.84. The predicted molar refractivity (Wildman–Crippen MR) is 118 cm³/mol.